The molecule has 0 aromatic heterocycles. The summed E-state index contributed by atoms with van der Waals surface area (Å²) in [6.07, 6.45) is 3.11. The molecule has 2 aromatic rings. The monoisotopic (exact) mass is 384 g/mol. The van der Waals surface area contributed by atoms with Crippen molar-refractivity contribution in [2.45, 2.75) is 0 Å². The molecule has 0 amide bonds. The molecule has 0 unspecified atom stereocenters. The summed E-state index contributed by atoms with van der Waals surface area (Å²) in [6, 6.07) is 12.4. The Bertz CT molecular complexity index is 826. The van der Waals surface area contributed by atoms with Crippen LogP contribution in [-0.4, -0.2) is 59.5 Å². The Morgan fingerprint density at radius 2 is 1.21 bits per heavy atom. The lowest BCUT2D eigenvalue weighted by atomic mass is 10.2. The summed E-state index contributed by atoms with van der Waals surface area (Å²) in [5.41, 5.74) is 1.31. The van der Waals surface area contributed by atoms with Crippen molar-refractivity contribution in [3.05, 3.63) is 79.9 Å². The van der Waals surface area contributed by atoms with Crippen molar-refractivity contribution >= 4 is 23.8 Å². The molecule has 0 N–H and O–H groups in total. The van der Waals surface area contributed by atoms with Gasteiger partial charge in [0.05, 0.1) is 35.4 Å². The van der Waals surface area contributed by atoms with Gasteiger partial charge in [-0.05, 0) is 0 Å². The molecule has 0 bridgehead atoms. The van der Waals surface area contributed by atoms with Crippen molar-refractivity contribution in [1.82, 2.24) is 10.0 Å². The van der Waals surface area contributed by atoms with Gasteiger partial charge in [0.2, 0.25) is 0 Å². The maximum Gasteiger partial charge on any atom is 0.270 e. The molecule has 0 aliphatic heterocycles. The first kappa shape index (κ1) is 20.5. The average Bonchev–Trinajstić information content (AvgIpc) is 2.69. The van der Waals surface area contributed by atoms with E-state index in [0.717, 1.165) is 0 Å². The second kappa shape index (κ2) is 9.76. The van der Waals surface area contributed by atoms with Crippen LogP contribution in [0.5, 0.6) is 0 Å². The molecule has 0 heterocycles. The predicted molar refractivity (Wildman–Crippen MR) is 107 cm³/mol. The van der Waals surface area contributed by atoms with E-state index in [-0.39, 0.29) is 11.4 Å². The smallest absolute Gasteiger partial charge is 0.270 e. The van der Waals surface area contributed by atoms with E-state index in [1.54, 1.807) is 60.8 Å². The molecule has 0 saturated carbocycles. The van der Waals surface area contributed by atoms with Crippen LogP contribution in [0.1, 0.15) is 11.1 Å². The van der Waals surface area contributed by atoms with E-state index in [0.29, 0.717) is 24.2 Å². The zero-order valence-corrected chi connectivity index (χ0v) is 15.5. The number of likely N-dealkylation sites (N-methyl/N-ethyl adjacent to an activating group) is 2. The van der Waals surface area contributed by atoms with Crippen LogP contribution in [0.25, 0.3) is 0 Å². The second-order valence-electron chi connectivity index (χ2n) is 5.96. The first-order valence-electron chi connectivity index (χ1n) is 8.34. The standard InChI is InChI=1S/C18H20N6O4/c1-21(19-13-15-5-3-7-17(11-15)23(25)26)9-10-22(2)20-14-16-6-4-8-18(12-16)24(27)28/h3-8,11-14H,9-10H2,1-2H3/b19-13-,20-14-. The Kier molecular flexibility index (Phi) is 7.14. The lowest BCUT2D eigenvalue weighted by Gasteiger charge is -2.17. The Morgan fingerprint density at radius 1 is 0.821 bits per heavy atom. The Balaban J connectivity index is 1.85. The Labute approximate surface area is 161 Å². The third-order valence-corrected chi connectivity index (χ3v) is 3.72. The van der Waals surface area contributed by atoms with E-state index in [1.165, 1.54) is 24.3 Å². The molecular weight excluding hydrogens is 364 g/mol. The van der Waals surface area contributed by atoms with E-state index < -0.39 is 9.85 Å². The molecule has 0 aliphatic rings. The number of nitro benzene ring substituents is 2. The van der Waals surface area contributed by atoms with Crippen LogP contribution >= 0.6 is 0 Å². The number of rotatable bonds is 9. The maximum absolute atomic E-state index is 10.8. The molecule has 0 spiro atoms. The van der Waals surface area contributed by atoms with Gasteiger partial charge in [-0.25, -0.2) is 0 Å². The minimum absolute atomic E-state index is 0.0156. The fourth-order valence-corrected chi connectivity index (χ4v) is 2.17. The summed E-state index contributed by atoms with van der Waals surface area (Å²) in [5, 5.41) is 33.4. The largest absolute Gasteiger partial charge is 0.298 e. The molecule has 0 atom stereocenters. The van der Waals surface area contributed by atoms with Crippen LogP contribution < -0.4 is 0 Å². The van der Waals surface area contributed by atoms with Crippen LogP contribution in [0.4, 0.5) is 11.4 Å². The molecular formula is C18H20N6O4. The van der Waals surface area contributed by atoms with Gasteiger partial charge in [0.25, 0.3) is 11.4 Å². The number of hydrogen-bond donors (Lipinski definition) is 0. The van der Waals surface area contributed by atoms with Crippen LogP contribution in [0.15, 0.2) is 58.7 Å². The first-order valence-corrected chi connectivity index (χ1v) is 8.34. The maximum atomic E-state index is 10.8. The van der Waals surface area contributed by atoms with Gasteiger partial charge >= 0.3 is 0 Å². The molecule has 0 saturated heterocycles. The minimum atomic E-state index is -0.449. The van der Waals surface area contributed by atoms with Crippen molar-refractivity contribution in [3.63, 3.8) is 0 Å². The Hall–Kier alpha value is -3.82. The van der Waals surface area contributed by atoms with Crippen LogP contribution in [0, 0.1) is 20.2 Å². The van der Waals surface area contributed by atoms with E-state index in [2.05, 4.69) is 10.2 Å². The second-order valence-corrected chi connectivity index (χ2v) is 5.96. The number of non-ortho nitro benzene ring substituents is 2. The normalized spacial score (nSPS) is 11.1. The summed E-state index contributed by atoms with van der Waals surface area (Å²) in [5.74, 6) is 0. The van der Waals surface area contributed by atoms with Crippen molar-refractivity contribution < 1.29 is 9.85 Å². The predicted octanol–water partition coefficient (Wildman–Crippen LogP) is 2.73. The van der Waals surface area contributed by atoms with Crippen molar-refractivity contribution in [2.24, 2.45) is 10.2 Å². The minimum Gasteiger partial charge on any atom is -0.298 e. The van der Waals surface area contributed by atoms with E-state index in [1.807, 2.05) is 0 Å². The van der Waals surface area contributed by atoms with Crippen LogP contribution in [0.3, 0.4) is 0 Å². The molecule has 0 radical (unpaired) electrons. The summed E-state index contributed by atoms with van der Waals surface area (Å²) < 4.78 is 0. The topological polar surface area (TPSA) is 117 Å². The third kappa shape index (κ3) is 6.48. The zero-order valence-electron chi connectivity index (χ0n) is 15.5. The summed E-state index contributed by atoms with van der Waals surface area (Å²) in [7, 11) is 3.57. The zero-order chi connectivity index (χ0) is 20.5. The van der Waals surface area contributed by atoms with Gasteiger partial charge in [-0.1, -0.05) is 24.3 Å². The first-order chi connectivity index (χ1) is 13.3. The molecule has 10 nitrogen and oxygen atoms in total. The fraction of sp³-hybridized carbons (Fsp3) is 0.222. The van der Waals surface area contributed by atoms with E-state index >= 15 is 0 Å². The van der Waals surface area contributed by atoms with Crippen molar-refractivity contribution in [3.8, 4) is 0 Å². The number of nitro groups is 2. The lowest BCUT2D eigenvalue weighted by molar-refractivity contribution is -0.385. The van der Waals surface area contributed by atoms with Crippen LogP contribution in [0.2, 0.25) is 0 Å². The van der Waals surface area contributed by atoms with E-state index in [9.17, 15) is 20.2 Å². The van der Waals surface area contributed by atoms with E-state index in [4.69, 9.17) is 0 Å². The van der Waals surface area contributed by atoms with Gasteiger partial charge in [0.1, 0.15) is 0 Å². The molecule has 0 fully saturated rings. The van der Waals surface area contributed by atoms with Gasteiger partial charge < -0.3 is 0 Å². The lowest BCUT2D eigenvalue weighted by Crippen LogP contribution is -2.25. The molecule has 0 aliphatic carbocycles. The SMILES string of the molecule is CN(CCN(C)/N=C\c1cccc([N+](=O)[O-])c1)/N=C\c1cccc([N+](=O)[O-])c1. The number of benzene rings is 2. The highest BCUT2D eigenvalue weighted by molar-refractivity contribution is 5.80. The molecule has 146 valence electrons. The third-order valence-electron chi connectivity index (χ3n) is 3.72. The number of nitrogens with zero attached hydrogens (tertiary/aromatic N) is 6. The fourth-order valence-electron chi connectivity index (χ4n) is 2.17. The van der Waals surface area contributed by atoms with Gasteiger partial charge in [0.15, 0.2) is 0 Å². The number of hydrazone groups is 2. The molecule has 10 heteroatoms. The number of hydrogen-bond acceptors (Lipinski definition) is 8. The van der Waals surface area contributed by atoms with Crippen LogP contribution in [-0.2, 0) is 0 Å². The average molecular weight is 384 g/mol. The van der Waals surface area contributed by atoms with Crippen molar-refractivity contribution in [2.75, 3.05) is 27.2 Å². The highest BCUT2D eigenvalue weighted by Crippen LogP contribution is 2.12. The summed E-state index contributed by atoms with van der Waals surface area (Å²) in [6.45, 7) is 1.13. The Morgan fingerprint density at radius 3 is 1.57 bits per heavy atom. The van der Waals surface area contributed by atoms with Gasteiger partial charge in [-0.15, -0.1) is 0 Å². The van der Waals surface area contributed by atoms with Crippen molar-refractivity contribution in [1.29, 1.82) is 0 Å². The molecule has 2 aromatic carbocycles. The van der Waals surface area contributed by atoms with Gasteiger partial charge in [-0.2, -0.15) is 10.2 Å². The summed E-state index contributed by atoms with van der Waals surface area (Å²) in [4.78, 5) is 20.7. The summed E-state index contributed by atoms with van der Waals surface area (Å²) >= 11 is 0. The highest BCUT2D eigenvalue weighted by Gasteiger charge is 2.05. The van der Waals surface area contributed by atoms with Gasteiger partial charge in [-0.3, -0.25) is 30.2 Å². The quantitative estimate of drug-likeness (QED) is 0.373. The molecule has 28 heavy (non-hydrogen) atoms. The van der Waals surface area contributed by atoms with Gasteiger partial charge in [0, 0.05) is 49.5 Å². The highest BCUT2D eigenvalue weighted by atomic mass is 16.6. The molecule has 2 rings (SSSR count).